The Morgan fingerprint density at radius 2 is 2.27 bits per heavy atom. The molecule has 15 heavy (non-hydrogen) atoms. The van der Waals surface area contributed by atoms with Crippen LogP contribution in [-0.4, -0.2) is 33.9 Å². The van der Waals surface area contributed by atoms with Crippen molar-refractivity contribution in [1.82, 2.24) is 15.5 Å². The van der Waals surface area contributed by atoms with Crippen molar-refractivity contribution in [2.45, 2.75) is 19.9 Å². The van der Waals surface area contributed by atoms with Gasteiger partial charge in [-0.05, 0) is 17.5 Å². The Balaban J connectivity index is 2.62. The SMILES string of the molecule is CC(C)C(CO)NC(=O)c1nnc(Cl)s1. The van der Waals surface area contributed by atoms with Crippen molar-refractivity contribution in [2.75, 3.05) is 6.61 Å². The van der Waals surface area contributed by atoms with E-state index < -0.39 is 0 Å². The molecule has 0 aliphatic heterocycles. The van der Waals surface area contributed by atoms with Crippen LogP contribution in [0.15, 0.2) is 0 Å². The van der Waals surface area contributed by atoms with E-state index in [1.54, 1.807) is 0 Å². The molecule has 5 nitrogen and oxygen atoms in total. The van der Waals surface area contributed by atoms with Gasteiger partial charge in [-0.15, -0.1) is 10.2 Å². The van der Waals surface area contributed by atoms with Gasteiger partial charge in [0.2, 0.25) is 9.47 Å². The van der Waals surface area contributed by atoms with Gasteiger partial charge in [0.05, 0.1) is 12.6 Å². The van der Waals surface area contributed by atoms with Gasteiger partial charge in [0.1, 0.15) is 0 Å². The van der Waals surface area contributed by atoms with Gasteiger partial charge in [-0.25, -0.2) is 0 Å². The molecule has 1 aromatic rings. The quantitative estimate of drug-likeness (QED) is 0.833. The molecule has 0 saturated heterocycles. The zero-order valence-corrected chi connectivity index (χ0v) is 9.97. The van der Waals surface area contributed by atoms with Gasteiger partial charge in [-0.3, -0.25) is 4.79 Å². The predicted octanol–water partition coefficient (Wildman–Crippen LogP) is 0.938. The Morgan fingerprint density at radius 3 is 2.67 bits per heavy atom. The fourth-order valence-electron chi connectivity index (χ4n) is 0.950. The molecule has 84 valence electrons. The average Bonchev–Trinajstić information content (AvgIpc) is 2.60. The lowest BCUT2D eigenvalue weighted by molar-refractivity contribution is 0.0896. The molecule has 0 aliphatic rings. The highest BCUT2D eigenvalue weighted by atomic mass is 35.5. The summed E-state index contributed by atoms with van der Waals surface area (Å²) in [5, 5.41) is 19.0. The van der Waals surface area contributed by atoms with Gasteiger partial charge in [-0.2, -0.15) is 0 Å². The molecule has 1 heterocycles. The molecular weight excluding hydrogens is 238 g/mol. The topological polar surface area (TPSA) is 75.1 Å². The van der Waals surface area contributed by atoms with Gasteiger partial charge in [0.25, 0.3) is 5.91 Å². The lowest BCUT2D eigenvalue weighted by Gasteiger charge is -2.18. The molecule has 2 N–H and O–H groups in total. The van der Waals surface area contributed by atoms with E-state index in [9.17, 15) is 4.79 Å². The van der Waals surface area contributed by atoms with Crippen LogP contribution in [0.1, 0.15) is 23.6 Å². The van der Waals surface area contributed by atoms with Crippen molar-refractivity contribution in [1.29, 1.82) is 0 Å². The van der Waals surface area contributed by atoms with Crippen molar-refractivity contribution < 1.29 is 9.90 Å². The highest BCUT2D eigenvalue weighted by Gasteiger charge is 2.18. The van der Waals surface area contributed by atoms with E-state index in [2.05, 4.69) is 15.5 Å². The zero-order chi connectivity index (χ0) is 11.4. The molecule has 1 unspecified atom stereocenters. The van der Waals surface area contributed by atoms with Crippen molar-refractivity contribution in [3.05, 3.63) is 9.47 Å². The minimum absolute atomic E-state index is 0.101. The van der Waals surface area contributed by atoms with Crippen molar-refractivity contribution >= 4 is 28.8 Å². The third-order valence-corrected chi connectivity index (χ3v) is 2.93. The van der Waals surface area contributed by atoms with Crippen molar-refractivity contribution in [3.63, 3.8) is 0 Å². The second-order valence-corrected chi connectivity index (χ2v) is 4.93. The van der Waals surface area contributed by atoms with E-state index in [0.717, 1.165) is 11.3 Å². The Hall–Kier alpha value is -0.720. The summed E-state index contributed by atoms with van der Waals surface area (Å²) in [6, 6.07) is -0.278. The molecule has 0 saturated carbocycles. The molecule has 1 amide bonds. The monoisotopic (exact) mass is 249 g/mol. The molecule has 0 aliphatic carbocycles. The summed E-state index contributed by atoms with van der Waals surface area (Å²) in [4.78, 5) is 11.6. The standard InChI is InChI=1S/C8H12ClN3O2S/c1-4(2)5(3-13)10-6(14)7-11-12-8(9)15-7/h4-5,13H,3H2,1-2H3,(H,10,14). The lowest BCUT2D eigenvalue weighted by atomic mass is 10.1. The number of nitrogens with one attached hydrogen (secondary N) is 1. The van der Waals surface area contributed by atoms with Crippen LogP contribution in [0.3, 0.4) is 0 Å². The molecule has 0 radical (unpaired) electrons. The third kappa shape index (κ3) is 3.40. The molecule has 0 spiro atoms. The van der Waals surface area contributed by atoms with Gasteiger partial charge < -0.3 is 10.4 Å². The number of halogens is 1. The molecule has 7 heteroatoms. The number of carbonyl (C=O) groups excluding carboxylic acids is 1. The fourth-order valence-corrected chi connectivity index (χ4v) is 1.68. The van der Waals surface area contributed by atoms with Crippen LogP contribution in [0.2, 0.25) is 4.47 Å². The maximum absolute atomic E-state index is 11.6. The smallest absolute Gasteiger partial charge is 0.282 e. The molecular formula is C8H12ClN3O2S. The van der Waals surface area contributed by atoms with E-state index in [4.69, 9.17) is 16.7 Å². The van der Waals surface area contributed by atoms with Crippen LogP contribution in [0.25, 0.3) is 0 Å². The minimum atomic E-state index is -0.354. The number of rotatable bonds is 4. The summed E-state index contributed by atoms with van der Waals surface area (Å²) >= 11 is 6.56. The number of amides is 1. The van der Waals surface area contributed by atoms with Crippen molar-refractivity contribution in [2.24, 2.45) is 5.92 Å². The van der Waals surface area contributed by atoms with Crippen LogP contribution in [-0.2, 0) is 0 Å². The number of hydrogen-bond acceptors (Lipinski definition) is 5. The van der Waals surface area contributed by atoms with E-state index in [-0.39, 0.29) is 33.9 Å². The Morgan fingerprint density at radius 1 is 1.60 bits per heavy atom. The largest absolute Gasteiger partial charge is 0.394 e. The first-order valence-corrected chi connectivity index (χ1v) is 5.64. The third-order valence-electron chi connectivity index (χ3n) is 1.91. The molecule has 0 bridgehead atoms. The molecule has 1 rings (SSSR count). The second kappa shape index (κ2) is 5.39. The minimum Gasteiger partial charge on any atom is -0.394 e. The van der Waals surface area contributed by atoms with E-state index in [1.165, 1.54) is 0 Å². The number of aliphatic hydroxyl groups excluding tert-OH is 1. The summed E-state index contributed by atoms with van der Waals surface area (Å²) in [5.41, 5.74) is 0. The zero-order valence-electron chi connectivity index (χ0n) is 8.40. The summed E-state index contributed by atoms with van der Waals surface area (Å²) in [5.74, 6) is -0.200. The van der Waals surface area contributed by atoms with E-state index >= 15 is 0 Å². The Kier molecular flexibility index (Phi) is 4.44. The number of hydrogen-bond donors (Lipinski definition) is 2. The highest BCUT2D eigenvalue weighted by molar-refractivity contribution is 7.17. The maximum atomic E-state index is 11.6. The van der Waals surface area contributed by atoms with E-state index in [1.807, 2.05) is 13.8 Å². The normalized spacial score (nSPS) is 12.9. The number of aliphatic hydroxyl groups is 1. The summed E-state index contributed by atoms with van der Waals surface area (Å²) < 4.78 is 0.227. The number of aromatic nitrogens is 2. The highest BCUT2D eigenvalue weighted by Crippen LogP contribution is 2.15. The molecule has 1 atom stereocenters. The van der Waals surface area contributed by atoms with Crippen LogP contribution in [0, 0.1) is 5.92 Å². The van der Waals surface area contributed by atoms with Gasteiger partial charge in [-0.1, -0.05) is 25.2 Å². The molecule has 0 aromatic carbocycles. The average molecular weight is 250 g/mol. The molecule has 0 fully saturated rings. The first kappa shape index (κ1) is 12.4. The van der Waals surface area contributed by atoms with Gasteiger partial charge in [0.15, 0.2) is 0 Å². The van der Waals surface area contributed by atoms with Crippen LogP contribution < -0.4 is 5.32 Å². The van der Waals surface area contributed by atoms with Gasteiger partial charge in [0, 0.05) is 0 Å². The van der Waals surface area contributed by atoms with Crippen LogP contribution >= 0.6 is 22.9 Å². The summed E-state index contributed by atoms with van der Waals surface area (Å²) in [7, 11) is 0. The predicted molar refractivity (Wildman–Crippen MR) is 58.1 cm³/mol. The van der Waals surface area contributed by atoms with E-state index in [0.29, 0.717) is 0 Å². The first-order chi connectivity index (χ1) is 7.04. The first-order valence-electron chi connectivity index (χ1n) is 4.45. The Labute approximate surface area is 96.5 Å². The van der Waals surface area contributed by atoms with Gasteiger partial charge >= 0.3 is 0 Å². The fraction of sp³-hybridized carbons (Fsp3) is 0.625. The van der Waals surface area contributed by atoms with Crippen LogP contribution in [0.4, 0.5) is 0 Å². The second-order valence-electron chi connectivity index (χ2n) is 3.37. The Bertz CT molecular complexity index is 342. The summed E-state index contributed by atoms with van der Waals surface area (Å²) in [6.07, 6.45) is 0. The number of carbonyl (C=O) groups is 1. The summed E-state index contributed by atoms with van der Waals surface area (Å²) in [6.45, 7) is 3.72. The van der Waals surface area contributed by atoms with Crippen molar-refractivity contribution in [3.8, 4) is 0 Å². The lowest BCUT2D eigenvalue weighted by Crippen LogP contribution is -2.41. The molecule has 1 aromatic heterocycles. The number of nitrogens with zero attached hydrogens (tertiary/aromatic N) is 2. The van der Waals surface area contributed by atoms with Crippen LogP contribution in [0.5, 0.6) is 0 Å². The maximum Gasteiger partial charge on any atom is 0.282 e.